The molecule has 1 atom stereocenters. The zero-order valence-electron chi connectivity index (χ0n) is 14.8. The van der Waals surface area contributed by atoms with Gasteiger partial charge < -0.3 is 19.2 Å². The van der Waals surface area contributed by atoms with Gasteiger partial charge in [-0.3, -0.25) is 4.79 Å². The lowest BCUT2D eigenvalue weighted by Gasteiger charge is -2.19. The average molecular weight is 401 g/mol. The van der Waals surface area contributed by atoms with E-state index >= 15 is 0 Å². The first-order valence-electron chi connectivity index (χ1n) is 8.56. The van der Waals surface area contributed by atoms with Crippen LogP contribution in [0.25, 0.3) is 11.5 Å². The molecule has 7 nitrogen and oxygen atoms in total. The standard InChI is InChI=1S/C19H16FN3O4S/c1-11(17(24)21-12-6-7-15-16(10-12)26-9-8-25-15)28-19-23-22-18(27-19)13-4-2-3-5-14(13)20/h2-7,10-11H,8-9H2,1H3,(H,21,24)/t11-/m1/s1. The zero-order chi connectivity index (χ0) is 19.5. The van der Waals surface area contributed by atoms with E-state index in [0.717, 1.165) is 11.8 Å². The van der Waals surface area contributed by atoms with Gasteiger partial charge in [0.25, 0.3) is 11.1 Å². The van der Waals surface area contributed by atoms with Crippen LogP contribution in [-0.2, 0) is 4.79 Å². The van der Waals surface area contributed by atoms with E-state index < -0.39 is 11.1 Å². The molecular weight excluding hydrogens is 385 g/mol. The number of hydrogen-bond donors (Lipinski definition) is 1. The van der Waals surface area contributed by atoms with Crippen molar-refractivity contribution >= 4 is 23.4 Å². The van der Waals surface area contributed by atoms with Gasteiger partial charge in [-0.25, -0.2) is 4.39 Å². The molecule has 144 valence electrons. The summed E-state index contributed by atoms with van der Waals surface area (Å²) in [6, 6.07) is 11.3. The summed E-state index contributed by atoms with van der Waals surface area (Å²) in [5.41, 5.74) is 0.814. The van der Waals surface area contributed by atoms with Crippen molar-refractivity contribution in [3.8, 4) is 23.0 Å². The van der Waals surface area contributed by atoms with Crippen molar-refractivity contribution in [2.24, 2.45) is 0 Å². The van der Waals surface area contributed by atoms with Crippen molar-refractivity contribution in [3.05, 3.63) is 48.3 Å². The Bertz CT molecular complexity index is 1010. The Hall–Kier alpha value is -3.07. The first-order valence-corrected chi connectivity index (χ1v) is 9.44. The van der Waals surface area contributed by atoms with Crippen LogP contribution < -0.4 is 14.8 Å². The first kappa shape index (κ1) is 18.3. The van der Waals surface area contributed by atoms with Crippen molar-refractivity contribution in [2.75, 3.05) is 18.5 Å². The third-order valence-corrected chi connectivity index (χ3v) is 4.90. The topological polar surface area (TPSA) is 86.5 Å². The number of nitrogens with one attached hydrogen (secondary N) is 1. The molecule has 9 heteroatoms. The van der Waals surface area contributed by atoms with E-state index in [2.05, 4.69) is 15.5 Å². The summed E-state index contributed by atoms with van der Waals surface area (Å²) < 4.78 is 30.3. The van der Waals surface area contributed by atoms with Gasteiger partial charge >= 0.3 is 0 Å². The highest BCUT2D eigenvalue weighted by molar-refractivity contribution is 8.00. The van der Waals surface area contributed by atoms with Crippen molar-refractivity contribution in [1.29, 1.82) is 0 Å². The van der Waals surface area contributed by atoms with E-state index in [1.807, 2.05) is 0 Å². The van der Waals surface area contributed by atoms with E-state index in [4.69, 9.17) is 13.9 Å². The second kappa shape index (κ2) is 7.89. The van der Waals surface area contributed by atoms with Gasteiger partial charge in [-0.2, -0.15) is 0 Å². The van der Waals surface area contributed by atoms with Gasteiger partial charge in [0.05, 0.1) is 10.8 Å². The van der Waals surface area contributed by atoms with Crippen LogP contribution >= 0.6 is 11.8 Å². The molecule has 0 fully saturated rings. The molecular formula is C19H16FN3O4S. The van der Waals surface area contributed by atoms with Crippen molar-refractivity contribution in [3.63, 3.8) is 0 Å². The Morgan fingerprint density at radius 1 is 1.14 bits per heavy atom. The molecule has 0 unspecified atom stereocenters. The van der Waals surface area contributed by atoms with Crippen LogP contribution in [-0.4, -0.2) is 34.6 Å². The molecule has 2 aromatic carbocycles. The van der Waals surface area contributed by atoms with Gasteiger partial charge in [0.2, 0.25) is 5.91 Å². The van der Waals surface area contributed by atoms with E-state index in [-0.39, 0.29) is 22.6 Å². The Morgan fingerprint density at radius 2 is 1.93 bits per heavy atom. The lowest BCUT2D eigenvalue weighted by molar-refractivity contribution is -0.115. The average Bonchev–Trinajstić information content (AvgIpc) is 3.16. The van der Waals surface area contributed by atoms with Gasteiger partial charge in [0, 0.05) is 11.8 Å². The molecule has 0 saturated carbocycles. The lowest BCUT2D eigenvalue weighted by Crippen LogP contribution is -2.22. The predicted octanol–water partition coefficient (Wildman–Crippen LogP) is 3.77. The molecule has 1 amide bonds. The predicted molar refractivity (Wildman–Crippen MR) is 101 cm³/mol. The number of halogens is 1. The Morgan fingerprint density at radius 3 is 2.75 bits per heavy atom. The highest BCUT2D eigenvalue weighted by Crippen LogP contribution is 2.33. The van der Waals surface area contributed by atoms with E-state index in [1.165, 1.54) is 6.07 Å². The minimum Gasteiger partial charge on any atom is -0.486 e. The molecule has 2 heterocycles. The van der Waals surface area contributed by atoms with Crippen molar-refractivity contribution in [1.82, 2.24) is 10.2 Å². The molecule has 0 bridgehead atoms. The molecule has 28 heavy (non-hydrogen) atoms. The molecule has 0 aliphatic carbocycles. The summed E-state index contributed by atoms with van der Waals surface area (Å²) in [5, 5.41) is 10.2. The van der Waals surface area contributed by atoms with Crippen LogP contribution in [0.4, 0.5) is 10.1 Å². The maximum Gasteiger partial charge on any atom is 0.277 e. The van der Waals surface area contributed by atoms with E-state index in [0.29, 0.717) is 30.4 Å². The molecule has 4 rings (SSSR count). The third-order valence-electron chi connectivity index (χ3n) is 3.97. The maximum atomic E-state index is 13.8. The van der Waals surface area contributed by atoms with Gasteiger partial charge in [-0.05, 0) is 31.2 Å². The SMILES string of the molecule is C[C@@H](Sc1nnc(-c2ccccc2F)o1)C(=O)Nc1ccc2c(c1)OCCO2. The number of hydrogen-bond acceptors (Lipinski definition) is 7. The summed E-state index contributed by atoms with van der Waals surface area (Å²) in [6.45, 7) is 2.69. The highest BCUT2D eigenvalue weighted by Gasteiger charge is 2.21. The number of carbonyl (C=O) groups is 1. The molecule has 1 aromatic heterocycles. The van der Waals surface area contributed by atoms with E-state index in [9.17, 15) is 9.18 Å². The van der Waals surface area contributed by atoms with Crippen LogP contribution in [0.1, 0.15) is 6.92 Å². The lowest BCUT2D eigenvalue weighted by atomic mass is 10.2. The summed E-state index contributed by atoms with van der Waals surface area (Å²) in [4.78, 5) is 12.5. The largest absolute Gasteiger partial charge is 0.486 e. The maximum absolute atomic E-state index is 13.8. The van der Waals surface area contributed by atoms with Crippen LogP contribution in [0.2, 0.25) is 0 Å². The molecule has 1 N–H and O–H groups in total. The minimum absolute atomic E-state index is 0.0695. The fraction of sp³-hybridized carbons (Fsp3) is 0.211. The van der Waals surface area contributed by atoms with Crippen molar-refractivity contribution < 1.29 is 23.1 Å². The monoisotopic (exact) mass is 401 g/mol. The number of anilines is 1. The Balaban J connectivity index is 1.40. The number of thioether (sulfide) groups is 1. The van der Waals surface area contributed by atoms with Gasteiger partial charge in [0.1, 0.15) is 19.0 Å². The Labute approximate surface area is 164 Å². The summed E-state index contributed by atoms with van der Waals surface area (Å²) in [6.07, 6.45) is 0. The second-order valence-electron chi connectivity index (χ2n) is 5.96. The third kappa shape index (κ3) is 3.94. The van der Waals surface area contributed by atoms with Crippen LogP contribution in [0.5, 0.6) is 11.5 Å². The number of rotatable bonds is 5. The fourth-order valence-corrected chi connectivity index (χ4v) is 3.25. The van der Waals surface area contributed by atoms with Crippen LogP contribution in [0.3, 0.4) is 0 Å². The number of benzene rings is 2. The quantitative estimate of drug-likeness (QED) is 0.651. The molecule has 0 saturated heterocycles. The van der Waals surface area contributed by atoms with Crippen LogP contribution in [0, 0.1) is 5.82 Å². The number of ether oxygens (including phenoxy) is 2. The number of aromatic nitrogens is 2. The summed E-state index contributed by atoms with van der Waals surface area (Å²) >= 11 is 1.09. The smallest absolute Gasteiger partial charge is 0.277 e. The zero-order valence-corrected chi connectivity index (χ0v) is 15.7. The molecule has 1 aliphatic heterocycles. The highest BCUT2D eigenvalue weighted by atomic mass is 32.2. The van der Waals surface area contributed by atoms with Crippen LogP contribution in [0.15, 0.2) is 52.1 Å². The van der Waals surface area contributed by atoms with Crippen molar-refractivity contribution in [2.45, 2.75) is 17.4 Å². The molecule has 3 aromatic rings. The van der Waals surface area contributed by atoms with Gasteiger partial charge in [0.15, 0.2) is 11.5 Å². The first-order chi connectivity index (χ1) is 13.6. The van der Waals surface area contributed by atoms with Gasteiger partial charge in [-0.1, -0.05) is 23.9 Å². The molecule has 0 radical (unpaired) electrons. The fourth-order valence-electron chi connectivity index (χ4n) is 2.57. The number of nitrogens with zero attached hydrogens (tertiary/aromatic N) is 2. The number of fused-ring (bicyclic) bond motifs is 1. The summed E-state index contributed by atoms with van der Waals surface area (Å²) in [7, 11) is 0. The summed E-state index contributed by atoms with van der Waals surface area (Å²) in [5.74, 6) is 0.619. The second-order valence-corrected chi connectivity index (χ2v) is 7.25. The number of amides is 1. The van der Waals surface area contributed by atoms with Gasteiger partial charge in [-0.15, -0.1) is 10.2 Å². The Kier molecular flexibility index (Phi) is 5.16. The number of carbonyl (C=O) groups excluding carboxylic acids is 1. The molecule has 1 aliphatic rings. The minimum atomic E-state index is -0.512. The molecule has 0 spiro atoms. The van der Waals surface area contributed by atoms with E-state index in [1.54, 1.807) is 43.3 Å². The normalized spacial score (nSPS) is 13.8.